The first kappa shape index (κ1) is 17.3. The first-order valence-corrected chi connectivity index (χ1v) is 7.35. The number of carbonyl (C=O) groups is 1. The molecular formula is C17H28N2O2. The van der Waals surface area contributed by atoms with Crippen LogP contribution in [-0.2, 0) is 6.54 Å². The number of urea groups is 1. The third-order valence-corrected chi connectivity index (χ3v) is 2.58. The summed E-state index contributed by atoms with van der Waals surface area (Å²) < 4.78 is 5.76. The summed E-state index contributed by atoms with van der Waals surface area (Å²) in [7, 11) is 0. The maximum Gasteiger partial charge on any atom is 0.315 e. The minimum absolute atomic E-state index is 0.0866. The van der Waals surface area contributed by atoms with Crippen LogP contribution in [0.25, 0.3) is 0 Å². The van der Waals surface area contributed by atoms with Gasteiger partial charge in [-0.05, 0) is 43.9 Å². The third-order valence-electron chi connectivity index (χ3n) is 2.58. The molecule has 118 valence electrons. The molecule has 0 spiro atoms. The summed E-state index contributed by atoms with van der Waals surface area (Å²) in [6.45, 7) is 13.5. The van der Waals surface area contributed by atoms with Gasteiger partial charge in [0.2, 0.25) is 0 Å². The van der Waals surface area contributed by atoms with E-state index >= 15 is 0 Å². The zero-order chi connectivity index (χ0) is 16.1. The topological polar surface area (TPSA) is 50.4 Å². The molecule has 1 aromatic carbocycles. The molecule has 0 heterocycles. The van der Waals surface area contributed by atoms with Gasteiger partial charge in [-0.25, -0.2) is 4.79 Å². The molecule has 0 saturated heterocycles. The number of carbonyl (C=O) groups excluding carboxylic acids is 1. The normalized spacial score (nSPS) is 11.9. The first-order valence-electron chi connectivity index (χ1n) is 7.35. The second-order valence-electron chi connectivity index (χ2n) is 7.46. The number of amides is 2. The molecular weight excluding hydrogens is 264 g/mol. The van der Waals surface area contributed by atoms with Gasteiger partial charge >= 0.3 is 6.03 Å². The minimum atomic E-state index is -0.202. The fraction of sp³-hybridized carbons (Fsp3) is 0.588. The van der Waals surface area contributed by atoms with Crippen LogP contribution in [0.1, 0.15) is 47.1 Å². The molecule has 1 aromatic rings. The Labute approximate surface area is 128 Å². The molecule has 2 N–H and O–H groups in total. The van der Waals surface area contributed by atoms with Gasteiger partial charge in [-0.3, -0.25) is 0 Å². The minimum Gasteiger partial charge on any atom is -0.488 e. The van der Waals surface area contributed by atoms with Crippen molar-refractivity contribution in [2.75, 3.05) is 6.54 Å². The Kier molecular flexibility index (Phi) is 5.64. The molecule has 0 fully saturated rings. The Hall–Kier alpha value is -1.71. The molecule has 21 heavy (non-hydrogen) atoms. The maximum absolute atomic E-state index is 11.7. The van der Waals surface area contributed by atoms with Crippen LogP contribution >= 0.6 is 0 Å². The summed E-state index contributed by atoms with van der Waals surface area (Å²) in [5, 5.41) is 5.71. The largest absolute Gasteiger partial charge is 0.488 e. The highest BCUT2D eigenvalue weighted by atomic mass is 16.5. The lowest BCUT2D eigenvalue weighted by molar-refractivity contribution is 0.131. The predicted octanol–water partition coefficient (Wildman–Crippen LogP) is 3.71. The molecule has 0 bridgehead atoms. The van der Waals surface area contributed by atoms with Gasteiger partial charge in [-0.1, -0.05) is 32.9 Å². The maximum atomic E-state index is 11.7. The molecule has 4 nitrogen and oxygen atoms in total. The number of ether oxygens (including phenoxy) is 1. The van der Waals surface area contributed by atoms with Crippen molar-refractivity contribution in [2.24, 2.45) is 5.41 Å². The Bertz CT molecular complexity index is 453. The molecule has 2 amide bonds. The van der Waals surface area contributed by atoms with Crippen molar-refractivity contribution in [1.29, 1.82) is 0 Å². The van der Waals surface area contributed by atoms with E-state index in [9.17, 15) is 4.79 Å². The van der Waals surface area contributed by atoms with E-state index in [1.165, 1.54) is 0 Å². The fourth-order valence-corrected chi connectivity index (χ4v) is 1.62. The van der Waals surface area contributed by atoms with Crippen molar-refractivity contribution < 1.29 is 9.53 Å². The number of hydrogen-bond acceptors (Lipinski definition) is 2. The molecule has 0 aliphatic heterocycles. The predicted molar refractivity (Wildman–Crippen MR) is 86.5 cm³/mol. The van der Waals surface area contributed by atoms with Gasteiger partial charge in [-0.15, -0.1) is 0 Å². The highest BCUT2D eigenvalue weighted by Gasteiger charge is 2.12. The van der Waals surface area contributed by atoms with Crippen LogP contribution in [0.15, 0.2) is 24.3 Å². The molecule has 1 rings (SSSR count). The van der Waals surface area contributed by atoms with E-state index < -0.39 is 0 Å². The lowest BCUT2D eigenvalue weighted by Crippen LogP contribution is -2.39. The Morgan fingerprint density at radius 3 is 2.05 bits per heavy atom. The van der Waals surface area contributed by atoms with Crippen molar-refractivity contribution in [3.8, 4) is 5.75 Å². The standard InChI is InChI=1S/C17H28N2O2/c1-16(2,3)12-19-15(20)18-11-13-7-9-14(10-8-13)21-17(4,5)6/h7-10H,11-12H2,1-6H3,(H2,18,19,20). The van der Waals surface area contributed by atoms with Gasteiger partial charge in [0.15, 0.2) is 0 Å². The summed E-state index contributed by atoms with van der Waals surface area (Å²) in [5.74, 6) is 0.837. The smallest absolute Gasteiger partial charge is 0.315 e. The van der Waals surface area contributed by atoms with E-state index in [1.807, 2.05) is 45.0 Å². The number of nitrogens with one attached hydrogen (secondary N) is 2. The summed E-state index contributed by atoms with van der Waals surface area (Å²) in [6.07, 6.45) is 0. The van der Waals surface area contributed by atoms with Gasteiger partial charge in [0, 0.05) is 13.1 Å². The number of benzene rings is 1. The average molecular weight is 292 g/mol. The van der Waals surface area contributed by atoms with E-state index in [-0.39, 0.29) is 17.0 Å². The highest BCUT2D eigenvalue weighted by Crippen LogP contribution is 2.18. The van der Waals surface area contributed by atoms with Crippen LogP contribution in [0, 0.1) is 5.41 Å². The van der Waals surface area contributed by atoms with Crippen LogP contribution in [0.2, 0.25) is 0 Å². The quantitative estimate of drug-likeness (QED) is 0.889. The van der Waals surface area contributed by atoms with Crippen LogP contribution in [0.3, 0.4) is 0 Å². The van der Waals surface area contributed by atoms with Crippen molar-refractivity contribution in [3.05, 3.63) is 29.8 Å². The Morgan fingerprint density at radius 1 is 1.00 bits per heavy atom. The summed E-state index contributed by atoms with van der Waals surface area (Å²) in [6, 6.07) is 7.64. The van der Waals surface area contributed by atoms with Crippen molar-refractivity contribution in [3.63, 3.8) is 0 Å². The number of hydrogen-bond donors (Lipinski definition) is 2. The molecule has 4 heteroatoms. The van der Waals surface area contributed by atoms with Crippen LogP contribution in [-0.4, -0.2) is 18.2 Å². The molecule has 0 aromatic heterocycles. The van der Waals surface area contributed by atoms with Gasteiger partial charge in [0.1, 0.15) is 11.4 Å². The monoisotopic (exact) mass is 292 g/mol. The number of rotatable bonds is 4. The SMILES string of the molecule is CC(C)(C)CNC(=O)NCc1ccc(OC(C)(C)C)cc1. The second kappa shape index (κ2) is 6.83. The Balaban J connectivity index is 2.41. The molecule has 0 unspecified atom stereocenters. The molecule has 0 aliphatic rings. The lowest BCUT2D eigenvalue weighted by atomic mass is 9.97. The van der Waals surface area contributed by atoms with Gasteiger partial charge < -0.3 is 15.4 Å². The van der Waals surface area contributed by atoms with E-state index in [0.29, 0.717) is 13.1 Å². The molecule has 0 saturated carbocycles. The van der Waals surface area contributed by atoms with E-state index in [1.54, 1.807) is 0 Å². The fourth-order valence-electron chi connectivity index (χ4n) is 1.62. The van der Waals surface area contributed by atoms with E-state index in [4.69, 9.17) is 4.74 Å². The zero-order valence-electron chi connectivity index (χ0n) is 14.0. The van der Waals surface area contributed by atoms with Crippen molar-refractivity contribution in [2.45, 2.75) is 53.7 Å². The molecule has 0 radical (unpaired) electrons. The third kappa shape index (κ3) is 8.23. The second-order valence-corrected chi connectivity index (χ2v) is 7.46. The zero-order valence-corrected chi connectivity index (χ0v) is 14.0. The van der Waals surface area contributed by atoms with Crippen LogP contribution in [0.5, 0.6) is 5.75 Å². The van der Waals surface area contributed by atoms with Gasteiger partial charge in [-0.2, -0.15) is 0 Å². The summed E-state index contributed by atoms with van der Waals surface area (Å²) in [5.41, 5.74) is 0.928. The summed E-state index contributed by atoms with van der Waals surface area (Å²) in [4.78, 5) is 11.7. The van der Waals surface area contributed by atoms with Gasteiger partial charge in [0.05, 0.1) is 0 Å². The average Bonchev–Trinajstić information content (AvgIpc) is 2.33. The van der Waals surface area contributed by atoms with E-state index in [2.05, 4.69) is 31.4 Å². The van der Waals surface area contributed by atoms with Crippen molar-refractivity contribution in [1.82, 2.24) is 10.6 Å². The van der Waals surface area contributed by atoms with Crippen LogP contribution in [0.4, 0.5) is 4.79 Å². The highest BCUT2D eigenvalue weighted by molar-refractivity contribution is 5.73. The van der Waals surface area contributed by atoms with Gasteiger partial charge in [0.25, 0.3) is 0 Å². The first-order chi connectivity index (χ1) is 9.55. The van der Waals surface area contributed by atoms with Crippen LogP contribution < -0.4 is 15.4 Å². The molecule has 0 aliphatic carbocycles. The summed E-state index contributed by atoms with van der Waals surface area (Å²) >= 11 is 0. The molecule has 0 atom stereocenters. The lowest BCUT2D eigenvalue weighted by Gasteiger charge is -2.21. The van der Waals surface area contributed by atoms with E-state index in [0.717, 1.165) is 11.3 Å². The van der Waals surface area contributed by atoms with Crippen molar-refractivity contribution >= 4 is 6.03 Å². The Morgan fingerprint density at radius 2 is 1.57 bits per heavy atom.